The van der Waals surface area contributed by atoms with E-state index in [4.69, 9.17) is 0 Å². The van der Waals surface area contributed by atoms with E-state index in [9.17, 15) is 13.2 Å². The monoisotopic (exact) mass is 397 g/mol. The lowest BCUT2D eigenvalue weighted by Gasteiger charge is -2.29. The van der Waals surface area contributed by atoms with Crippen molar-refractivity contribution in [2.24, 2.45) is 4.40 Å². The Morgan fingerprint density at radius 3 is 2.68 bits per heavy atom. The molecular formula is C21H23N3O3S. The predicted molar refractivity (Wildman–Crippen MR) is 111 cm³/mol. The van der Waals surface area contributed by atoms with Gasteiger partial charge in [0.2, 0.25) is 0 Å². The fourth-order valence-corrected chi connectivity index (χ4v) is 5.05. The average molecular weight is 398 g/mol. The van der Waals surface area contributed by atoms with Crippen LogP contribution in [-0.4, -0.2) is 26.7 Å². The minimum absolute atomic E-state index is 0.103. The molecule has 2 aliphatic heterocycles. The van der Waals surface area contributed by atoms with Gasteiger partial charge in [-0.3, -0.25) is 4.79 Å². The van der Waals surface area contributed by atoms with Crippen molar-refractivity contribution in [3.63, 3.8) is 0 Å². The van der Waals surface area contributed by atoms with Gasteiger partial charge in [0.05, 0.1) is 5.69 Å². The maximum absolute atomic E-state index is 12.7. The SMILES string of the molecule is Cc1ccc(NC(=O)c2ccc3c(c2)S(=O)(=O)N=C2CCCCCN23)c(C)c1. The molecule has 7 heteroatoms. The van der Waals surface area contributed by atoms with Gasteiger partial charge in [0.1, 0.15) is 10.7 Å². The molecule has 0 bridgehead atoms. The van der Waals surface area contributed by atoms with Crippen LogP contribution in [0.4, 0.5) is 11.4 Å². The molecule has 1 fully saturated rings. The van der Waals surface area contributed by atoms with Gasteiger partial charge in [-0.1, -0.05) is 24.1 Å². The Morgan fingerprint density at radius 2 is 1.89 bits per heavy atom. The van der Waals surface area contributed by atoms with Crippen LogP contribution in [-0.2, 0) is 10.0 Å². The molecule has 146 valence electrons. The van der Waals surface area contributed by atoms with Crippen LogP contribution in [0, 0.1) is 13.8 Å². The Bertz CT molecular complexity index is 1090. The summed E-state index contributed by atoms with van der Waals surface area (Å²) in [7, 11) is -3.81. The van der Waals surface area contributed by atoms with Gasteiger partial charge in [0, 0.05) is 24.2 Å². The summed E-state index contributed by atoms with van der Waals surface area (Å²) in [6, 6.07) is 10.6. The second-order valence-electron chi connectivity index (χ2n) is 7.40. The zero-order chi connectivity index (χ0) is 19.9. The number of rotatable bonds is 2. The summed E-state index contributed by atoms with van der Waals surface area (Å²) in [5.74, 6) is 0.271. The maximum atomic E-state index is 12.7. The van der Waals surface area contributed by atoms with E-state index in [1.807, 2.05) is 36.9 Å². The van der Waals surface area contributed by atoms with Crippen molar-refractivity contribution in [2.75, 3.05) is 16.8 Å². The molecule has 28 heavy (non-hydrogen) atoms. The van der Waals surface area contributed by atoms with Gasteiger partial charge < -0.3 is 10.2 Å². The molecular weight excluding hydrogens is 374 g/mol. The number of carbonyl (C=O) groups is 1. The second kappa shape index (κ2) is 7.05. The standard InChI is InChI=1S/C21H23N3O3S/c1-14-7-9-17(15(2)12-14)22-21(25)16-8-10-18-19(13-16)28(26,27)23-20-6-4-3-5-11-24(18)20/h7-10,12-13H,3-6,11H2,1-2H3,(H,22,25). The summed E-state index contributed by atoms with van der Waals surface area (Å²) in [5.41, 5.74) is 3.70. The van der Waals surface area contributed by atoms with Crippen LogP contribution in [0.3, 0.4) is 0 Å². The molecule has 2 aromatic rings. The number of anilines is 2. The summed E-state index contributed by atoms with van der Waals surface area (Å²) >= 11 is 0. The molecule has 0 radical (unpaired) electrons. The zero-order valence-electron chi connectivity index (χ0n) is 16.0. The summed E-state index contributed by atoms with van der Waals surface area (Å²) < 4.78 is 29.5. The molecule has 0 saturated carbocycles. The highest BCUT2D eigenvalue weighted by molar-refractivity contribution is 7.90. The largest absolute Gasteiger partial charge is 0.328 e. The molecule has 0 unspecified atom stereocenters. The van der Waals surface area contributed by atoms with Gasteiger partial charge in [-0.15, -0.1) is 4.40 Å². The predicted octanol–water partition coefficient (Wildman–Crippen LogP) is 4.04. The number of aryl methyl sites for hydroxylation is 2. The van der Waals surface area contributed by atoms with E-state index in [1.54, 1.807) is 12.1 Å². The molecule has 6 nitrogen and oxygen atoms in total. The van der Waals surface area contributed by atoms with E-state index in [0.29, 0.717) is 29.2 Å². The van der Waals surface area contributed by atoms with Gasteiger partial charge in [-0.2, -0.15) is 8.42 Å². The number of fused-ring (bicyclic) bond motifs is 3. The Labute approximate surface area is 165 Å². The van der Waals surface area contributed by atoms with Crippen LogP contribution in [0.5, 0.6) is 0 Å². The lowest BCUT2D eigenvalue weighted by atomic mass is 10.1. The Balaban J connectivity index is 1.68. The lowest BCUT2D eigenvalue weighted by Crippen LogP contribution is -2.35. The van der Waals surface area contributed by atoms with E-state index in [1.165, 1.54) is 6.07 Å². The number of carbonyl (C=O) groups excluding carboxylic acids is 1. The third-order valence-electron chi connectivity index (χ3n) is 5.24. The van der Waals surface area contributed by atoms with Crippen LogP contribution in [0.25, 0.3) is 0 Å². The van der Waals surface area contributed by atoms with E-state index in [-0.39, 0.29) is 10.8 Å². The van der Waals surface area contributed by atoms with Crippen molar-refractivity contribution < 1.29 is 13.2 Å². The van der Waals surface area contributed by atoms with E-state index < -0.39 is 10.0 Å². The highest BCUT2D eigenvalue weighted by atomic mass is 32.2. The topological polar surface area (TPSA) is 78.8 Å². The van der Waals surface area contributed by atoms with Crippen molar-refractivity contribution in [3.05, 3.63) is 53.1 Å². The summed E-state index contributed by atoms with van der Waals surface area (Å²) in [4.78, 5) is 14.8. The first-order valence-electron chi connectivity index (χ1n) is 9.49. The number of nitrogens with one attached hydrogen (secondary N) is 1. The number of nitrogens with zero attached hydrogens (tertiary/aromatic N) is 2. The van der Waals surface area contributed by atoms with Gasteiger partial charge in [0.15, 0.2) is 0 Å². The summed E-state index contributed by atoms with van der Waals surface area (Å²) in [6.45, 7) is 4.66. The van der Waals surface area contributed by atoms with Crippen LogP contribution in [0.1, 0.15) is 47.2 Å². The van der Waals surface area contributed by atoms with Crippen LogP contribution < -0.4 is 10.2 Å². The number of sulfonamides is 1. The van der Waals surface area contributed by atoms with Gasteiger partial charge in [-0.05, 0) is 56.5 Å². The second-order valence-corrected chi connectivity index (χ2v) is 8.97. The van der Waals surface area contributed by atoms with Gasteiger partial charge in [0.25, 0.3) is 15.9 Å². The normalized spacial score (nSPS) is 17.8. The van der Waals surface area contributed by atoms with Crippen LogP contribution in [0.2, 0.25) is 0 Å². The molecule has 0 atom stereocenters. The third-order valence-corrected chi connectivity index (χ3v) is 6.57. The summed E-state index contributed by atoms with van der Waals surface area (Å²) in [6.07, 6.45) is 3.65. The number of amidine groups is 1. The number of benzene rings is 2. The Kier molecular flexibility index (Phi) is 4.71. The highest BCUT2D eigenvalue weighted by Gasteiger charge is 2.32. The third kappa shape index (κ3) is 3.42. The van der Waals surface area contributed by atoms with Crippen molar-refractivity contribution >= 4 is 33.1 Å². The highest BCUT2D eigenvalue weighted by Crippen LogP contribution is 2.35. The van der Waals surface area contributed by atoms with E-state index in [0.717, 1.165) is 36.9 Å². The molecule has 1 amide bonds. The molecule has 2 heterocycles. The Hall–Kier alpha value is -2.67. The minimum atomic E-state index is -3.81. The summed E-state index contributed by atoms with van der Waals surface area (Å²) in [5, 5.41) is 2.87. The molecule has 1 N–H and O–H groups in total. The quantitative estimate of drug-likeness (QED) is 0.830. The van der Waals surface area contributed by atoms with Crippen molar-refractivity contribution in [3.8, 4) is 0 Å². The first-order valence-corrected chi connectivity index (χ1v) is 10.9. The number of amides is 1. The molecule has 0 aromatic heterocycles. The van der Waals surface area contributed by atoms with Crippen LogP contribution in [0.15, 0.2) is 45.7 Å². The first-order chi connectivity index (χ1) is 13.3. The van der Waals surface area contributed by atoms with Crippen molar-refractivity contribution in [1.82, 2.24) is 0 Å². The average Bonchev–Trinajstić information content (AvgIpc) is 2.88. The molecule has 0 spiro atoms. The molecule has 2 aliphatic rings. The molecule has 0 aliphatic carbocycles. The van der Waals surface area contributed by atoms with Gasteiger partial charge >= 0.3 is 0 Å². The fourth-order valence-electron chi connectivity index (χ4n) is 3.77. The minimum Gasteiger partial charge on any atom is -0.328 e. The van der Waals surface area contributed by atoms with E-state index >= 15 is 0 Å². The smallest absolute Gasteiger partial charge is 0.286 e. The van der Waals surface area contributed by atoms with Gasteiger partial charge in [-0.25, -0.2) is 0 Å². The van der Waals surface area contributed by atoms with E-state index in [2.05, 4.69) is 9.71 Å². The molecule has 4 rings (SSSR count). The number of hydrogen-bond donors (Lipinski definition) is 1. The van der Waals surface area contributed by atoms with Crippen molar-refractivity contribution in [2.45, 2.75) is 44.4 Å². The van der Waals surface area contributed by atoms with Crippen molar-refractivity contribution in [1.29, 1.82) is 0 Å². The van der Waals surface area contributed by atoms with Crippen LogP contribution >= 0.6 is 0 Å². The fraction of sp³-hybridized carbons (Fsp3) is 0.333. The first kappa shape index (κ1) is 18.7. The number of hydrogen-bond acceptors (Lipinski definition) is 4. The molecule has 1 saturated heterocycles. The lowest BCUT2D eigenvalue weighted by molar-refractivity contribution is 0.102. The zero-order valence-corrected chi connectivity index (χ0v) is 16.8. The Morgan fingerprint density at radius 1 is 1.07 bits per heavy atom. The molecule has 2 aromatic carbocycles. The maximum Gasteiger partial charge on any atom is 0.286 e.